The second-order valence-electron chi connectivity index (χ2n) is 9.09. The fourth-order valence-corrected chi connectivity index (χ4v) is 4.18. The van der Waals surface area contributed by atoms with Crippen molar-refractivity contribution < 1.29 is 17.8 Å². The Labute approximate surface area is 199 Å². The van der Waals surface area contributed by atoms with E-state index in [0.717, 1.165) is 19.3 Å². The molecule has 0 radical (unpaired) electrons. The van der Waals surface area contributed by atoms with Gasteiger partial charge in [0.05, 0.1) is 5.75 Å². The number of hydrogen-bond donors (Lipinski definition) is 2. The molecule has 0 unspecified atom stereocenters. The maximum Gasteiger partial charge on any atom is 0.266 e. The highest BCUT2D eigenvalue weighted by Gasteiger charge is 2.06. The van der Waals surface area contributed by atoms with Gasteiger partial charge in [-0.25, -0.2) is 0 Å². The van der Waals surface area contributed by atoms with Crippen LogP contribution < -0.4 is 5.32 Å². The monoisotopic (exact) mass is 473 g/mol. The van der Waals surface area contributed by atoms with Crippen LogP contribution >= 0.6 is 0 Å². The molecule has 0 rings (SSSR count). The third kappa shape index (κ3) is 27.2. The average molecular weight is 474 g/mol. The Hall–Kier alpha value is -0.880. The zero-order valence-electron chi connectivity index (χ0n) is 20.8. The molecular formula is C26H51NO4S. The van der Waals surface area contributed by atoms with Crippen molar-refractivity contribution in [2.24, 2.45) is 0 Å². The molecule has 5 nitrogen and oxygen atoms in total. The fourth-order valence-electron chi connectivity index (χ4n) is 3.82. The van der Waals surface area contributed by atoms with Crippen molar-refractivity contribution in [3.63, 3.8) is 0 Å². The summed E-state index contributed by atoms with van der Waals surface area (Å²) in [4.78, 5) is 11.5. The summed E-state index contributed by atoms with van der Waals surface area (Å²) in [6.45, 7) is 2.25. The smallest absolute Gasteiger partial charge is 0.266 e. The van der Waals surface area contributed by atoms with Gasteiger partial charge in [-0.15, -0.1) is 0 Å². The molecule has 0 bridgehead atoms. The molecule has 6 heteroatoms. The van der Waals surface area contributed by atoms with Gasteiger partial charge < -0.3 is 5.32 Å². The normalized spacial score (nSPS) is 11.9. The zero-order valence-corrected chi connectivity index (χ0v) is 21.6. The lowest BCUT2D eigenvalue weighted by Crippen LogP contribution is -2.28. The van der Waals surface area contributed by atoms with Gasteiger partial charge in [-0.3, -0.25) is 9.35 Å². The predicted octanol–water partition coefficient (Wildman–Crippen LogP) is 7.37. The molecule has 0 atom stereocenters. The number of hydrogen-bond acceptors (Lipinski definition) is 3. The summed E-state index contributed by atoms with van der Waals surface area (Å²) in [6, 6.07) is 0. The first-order valence-electron chi connectivity index (χ1n) is 13.3. The van der Waals surface area contributed by atoms with E-state index >= 15 is 0 Å². The minimum Gasteiger partial charge on any atom is -0.355 e. The Kier molecular flexibility index (Phi) is 22.6. The van der Waals surface area contributed by atoms with Crippen LogP contribution in [-0.4, -0.2) is 31.2 Å². The van der Waals surface area contributed by atoms with Crippen LogP contribution in [0, 0.1) is 0 Å². The fraction of sp³-hybridized carbons (Fsp3) is 0.885. The van der Waals surface area contributed by atoms with E-state index in [4.69, 9.17) is 4.55 Å². The molecule has 32 heavy (non-hydrogen) atoms. The highest BCUT2D eigenvalue weighted by atomic mass is 32.2. The molecule has 0 aliphatic carbocycles. The molecule has 0 aromatic carbocycles. The minimum atomic E-state index is -3.99. The van der Waals surface area contributed by atoms with Crippen molar-refractivity contribution in [1.29, 1.82) is 0 Å². The van der Waals surface area contributed by atoms with Crippen molar-refractivity contribution in [3.8, 4) is 0 Å². The van der Waals surface area contributed by atoms with Crippen LogP contribution in [0.1, 0.15) is 135 Å². The van der Waals surface area contributed by atoms with E-state index in [0.29, 0.717) is 6.42 Å². The Balaban J connectivity index is 3.20. The Bertz CT molecular complexity index is 546. The summed E-state index contributed by atoms with van der Waals surface area (Å²) < 4.78 is 29.7. The van der Waals surface area contributed by atoms with Crippen molar-refractivity contribution in [1.82, 2.24) is 5.32 Å². The first-order valence-corrected chi connectivity index (χ1v) is 14.9. The molecule has 0 saturated heterocycles. The Morgan fingerprint density at radius 2 is 1.09 bits per heavy atom. The van der Waals surface area contributed by atoms with Gasteiger partial charge in [0.1, 0.15) is 0 Å². The van der Waals surface area contributed by atoms with E-state index in [1.807, 2.05) is 0 Å². The molecule has 2 N–H and O–H groups in total. The second-order valence-corrected chi connectivity index (χ2v) is 10.7. The molecule has 190 valence electrons. The molecule has 0 aromatic heterocycles. The summed E-state index contributed by atoms with van der Waals surface area (Å²) in [5.74, 6) is -0.559. The van der Waals surface area contributed by atoms with Crippen LogP contribution in [0.2, 0.25) is 0 Å². The molecular weight excluding hydrogens is 422 g/mol. The maximum atomic E-state index is 11.5. The summed E-state index contributed by atoms with van der Waals surface area (Å²) in [5.41, 5.74) is 0. The van der Waals surface area contributed by atoms with Gasteiger partial charge in [-0.05, 0) is 32.1 Å². The Morgan fingerprint density at radius 3 is 1.53 bits per heavy atom. The second kappa shape index (κ2) is 23.3. The molecule has 0 heterocycles. The molecule has 1 amide bonds. The van der Waals surface area contributed by atoms with E-state index < -0.39 is 15.9 Å². The van der Waals surface area contributed by atoms with Crippen LogP contribution in [0.5, 0.6) is 0 Å². The summed E-state index contributed by atoms with van der Waals surface area (Å²) in [6.07, 6.45) is 29.6. The number of carbonyl (C=O) groups excluding carboxylic acids is 1. The van der Waals surface area contributed by atoms with Crippen molar-refractivity contribution >= 4 is 16.0 Å². The topological polar surface area (TPSA) is 83.5 Å². The summed E-state index contributed by atoms with van der Waals surface area (Å²) in [7, 11) is -3.99. The highest BCUT2D eigenvalue weighted by Crippen LogP contribution is 2.13. The number of amides is 1. The molecule has 0 aliphatic rings. The molecule has 0 fully saturated rings. The number of nitrogens with one attached hydrogen (secondary N) is 1. The summed E-state index contributed by atoms with van der Waals surface area (Å²) in [5, 5.41) is 2.52. The van der Waals surface area contributed by atoms with Gasteiger partial charge >= 0.3 is 0 Å². The van der Waals surface area contributed by atoms with Crippen molar-refractivity contribution in [2.75, 3.05) is 12.3 Å². The first-order chi connectivity index (χ1) is 15.5. The minimum absolute atomic E-state index is 0.0202. The first kappa shape index (κ1) is 31.1. The number of carbonyl (C=O) groups is 1. The van der Waals surface area contributed by atoms with E-state index in [2.05, 4.69) is 24.4 Å². The van der Waals surface area contributed by atoms with Crippen LogP contribution in [0.25, 0.3) is 0 Å². The SMILES string of the molecule is CCCCCCCC/C=C/CCCCCCCCCCCCCC(=O)NCCS(=O)(=O)O. The number of rotatable bonds is 24. The predicted molar refractivity (Wildman–Crippen MR) is 137 cm³/mol. The van der Waals surface area contributed by atoms with Crippen molar-refractivity contribution in [2.45, 2.75) is 135 Å². The van der Waals surface area contributed by atoms with Gasteiger partial charge in [0.2, 0.25) is 5.91 Å². The van der Waals surface area contributed by atoms with Gasteiger partial charge in [0.25, 0.3) is 10.1 Å². The van der Waals surface area contributed by atoms with Gasteiger partial charge in [-0.1, -0.05) is 109 Å². The van der Waals surface area contributed by atoms with Crippen LogP contribution in [0.15, 0.2) is 12.2 Å². The molecule has 0 saturated carbocycles. The molecule has 0 spiro atoms. The number of unbranched alkanes of at least 4 members (excludes halogenated alkanes) is 17. The average Bonchev–Trinajstić information content (AvgIpc) is 2.74. The lowest BCUT2D eigenvalue weighted by molar-refractivity contribution is -0.121. The zero-order chi connectivity index (χ0) is 23.8. The van der Waals surface area contributed by atoms with Crippen molar-refractivity contribution in [3.05, 3.63) is 12.2 Å². The van der Waals surface area contributed by atoms with E-state index in [-0.39, 0.29) is 12.5 Å². The highest BCUT2D eigenvalue weighted by molar-refractivity contribution is 7.85. The maximum absolute atomic E-state index is 11.5. The largest absolute Gasteiger partial charge is 0.355 e. The lowest BCUT2D eigenvalue weighted by Gasteiger charge is -2.04. The van der Waals surface area contributed by atoms with Crippen LogP contribution in [-0.2, 0) is 14.9 Å². The van der Waals surface area contributed by atoms with E-state index in [1.165, 1.54) is 103 Å². The van der Waals surface area contributed by atoms with E-state index in [9.17, 15) is 13.2 Å². The third-order valence-electron chi connectivity index (χ3n) is 5.85. The third-order valence-corrected chi connectivity index (χ3v) is 6.57. The Morgan fingerprint density at radius 1 is 0.688 bits per heavy atom. The van der Waals surface area contributed by atoms with Crippen LogP contribution in [0.4, 0.5) is 0 Å². The number of allylic oxidation sites excluding steroid dienone is 2. The van der Waals surface area contributed by atoms with Crippen LogP contribution in [0.3, 0.4) is 0 Å². The standard InChI is InChI=1S/C26H51NO4S/c1-2-3-4-5-6-7-8-9-10-11-12-13-14-15-16-17-18-19-20-21-22-23-26(28)27-24-25-32(29,30)31/h9-10H,2-8,11-25H2,1H3,(H,27,28)(H,29,30,31)/b10-9+. The summed E-state index contributed by atoms with van der Waals surface area (Å²) >= 11 is 0. The quantitative estimate of drug-likeness (QED) is 0.0870. The van der Waals surface area contributed by atoms with Gasteiger partial charge in [-0.2, -0.15) is 8.42 Å². The molecule has 0 aliphatic heterocycles. The lowest BCUT2D eigenvalue weighted by atomic mass is 10.0. The molecule has 0 aromatic rings. The van der Waals surface area contributed by atoms with Gasteiger partial charge in [0.15, 0.2) is 0 Å². The van der Waals surface area contributed by atoms with Gasteiger partial charge in [0, 0.05) is 13.0 Å². The van der Waals surface area contributed by atoms with E-state index in [1.54, 1.807) is 0 Å².